The molecule has 0 saturated carbocycles. The molecule has 0 spiro atoms. The molecule has 0 fully saturated rings. The predicted molar refractivity (Wildman–Crippen MR) is 98.4 cm³/mol. The summed E-state index contributed by atoms with van der Waals surface area (Å²) in [6, 6.07) is 16.7. The van der Waals surface area contributed by atoms with Crippen molar-refractivity contribution in [3.05, 3.63) is 59.6 Å². The Morgan fingerprint density at radius 2 is 1.58 bits per heavy atom. The van der Waals surface area contributed by atoms with Crippen molar-refractivity contribution in [3.8, 4) is 28.2 Å². The molecule has 3 heteroatoms. The van der Waals surface area contributed by atoms with E-state index in [0.717, 1.165) is 47.0 Å². The van der Waals surface area contributed by atoms with Crippen LogP contribution in [0.25, 0.3) is 22.5 Å². The highest BCUT2D eigenvalue weighted by atomic mass is 16.5. The zero-order chi connectivity index (χ0) is 17.1. The summed E-state index contributed by atoms with van der Waals surface area (Å²) in [5.74, 6) is 2.71. The Labute approximate surface area is 143 Å². The van der Waals surface area contributed by atoms with Gasteiger partial charge in [-0.2, -0.15) is 0 Å². The molecule has 0 saturated heterocycles. The van der Waals surface area contributed by atoms with Crippen LogP contribution in [0.15, 0.2) is 52.9 Å². The molecule has 0 bridgehead atoms. The van der Waals surface area contributed by atoms with Crippen molar-refractivity contribution in [3.63, 3.8) is 0 Å². The molecule has 1 aromatic carbocycles. The number of ether oxygens (including phenoxy) is 1. The first-order chi connectivity index (χ1) is 11.7. The van der Waals surface area contributed by atoms with Crippen LogP contribution in [0.4, 0.5) is 0 Å². The SMILES string of the molecule is CC[N+](CC)=c1ccc2cc(-c3ccc(OC)cc3)c(C)oc-2c1. The zero-order valence-electron chi connectivity index (χ0n) is 14.8. The molecular weight excluding hydrogens is 298 g/mol. The zero-order valence-corrected chi connectivity index (χ0v) is 14.8. The Morgan fingerprint density at radius 3 is 2.21 bits per heavy atom. The standard InChI is InChI=1S/C21H24NO2/c1-5-22(6-2)18-10-7-17-13-20(15(3)24-21(17)14-18)16-8-11-19(23-4)12-9-16/h7-14H,5-6H2,1-4H3/q+1. The summed E-state index contributed by atoms with van der Waals surface area (Å²) in [5, 5.41) is 1.20. The number of fused-ring (bicyclic) bond motifs is 1. The number of methoxy groups -OCH3 is 1. The maximum Gasteiger partial charge on any atom is 0.203 e. The minimum absolute atomic E-state index is 0.859. The molecule has 24 heavy (non-hydrogen) atoms. The van der Waals surface area contributed by atoms with Crippen LogP contribution >= 0.6 is 0 Å². The summed E-state index contributed by atoms with van der Waals surface area (Å²) in [6.45, 7) is 8.34. The van der Waals surface area contributed by atoms with Crippen molar-refractivity contribution in [1.29, 1.82) is 0 Å². The first kappa shape index (κ1) is 16.3. The molecule has 1 heterocycles. The fraction of sp³-hybridized carbons (Fsp3) is 0.286. The van der Waals surface area contributed by atoms with Crippen LogP contribution in [0.1, 0.15) is 19.6 Å². The lowest BCUT2D eigenvalue weighted by molar-refractivity contribution is 0.415. The summed E-state index contributed by atoms with van der Waals surface area (Å²) >= 11 is 0. The van der Waals surface area contributed by atoms with Crippen molar-refractivity contribution in [2.24, 2.45) is 0 Å². The topological polar surface area (TPSA) is 25.4 Å². The number of benzene rings is 2. The molecule has 3 rings (SSSR count). The van der Waals surface area contributed by atoms with Crippen LogP contribution in [0.2, 0.25) is 0 Å². The van der Waals surface area contributed by atoms with E-state index < -0.39 is 0 Å². The van der Waals surface area contributed by atoms with E-state index >= 15 is 0 Å². The predicted octanol–water partition coefficient (Wildman–Crippen LogP) is 4.18. The fourth-order valence-electron chi connectivity index (χ4n) is 3.05. The minimum Gasteiger partial charge on any atom is -0.497 e. The molecule has 0 amide bonds. The van der Waals surface area contributed by atoms with E-state index in [1.54, 1.807) is 7.11 Å². The van der Waals surface area contributed by atoms with E-state index in [4.69, 9.17) is 9.15 Å². The molecule has 0 radical (unpaired) electrons. The fourth-order valence-corrected chi connectivity index (χ4v) is 3.05. The average molecular weight is 322 g/mol. The Bertz CT molecular complexity index is 869. The van der Waals surface area contributed by atoms with Gasteiger partial charge in [-0.25, -0.2) is 4.58 Å². The molecule has 3 nitrogen and oxygen atoms in total. The summed E-state index contributed by atoms with van der Waals surface area (Å²) in [5.41, 5.74) is 3.36. The molecule has 124 valence electrons. The van der Waals surface area contributed by atoms with E-state index in [1.807, 2.05) is 19.1 Å². The lowest BCUT2D eigenvalue weighted by Crippen LogP contribution is -2.29. The van der Waals surface area contributed by atoms with Gasteiger partial charge in [-0.1, -0.05) is 12.1 Å². The molecule has 1 aromatic rings. The van der Waals surface area contributed by atoms with Gasteiger partial charge in [0.25, 0.3) is 0 Å². The van der Waals surface area contributed by atoms with E-state index in [-0.39, 0.29) is 0 Å². The Hall–Kier alpha value is -2.55. The van der Waals surface area contributed by atoms with E-state index in [1.165, 1.54) is 5.36 Å². The largest absolute Gasteiger partial charge is 0.497 e. The molecule has 0 unspecified atom stereocenters. The van der Waals surface area contributed by atoms with Crippen molar-refractivity contribution < 1.29 is 9.15 Å². The molecule has 0 N–H and O–H groups in total. The first-order valence-corrected chi connectivity index (χ1v) is 8.43. The van der Waals surface area contributed by atoms with Crippen LogP contribution in [-0.2, 0) is 0 Å². The highest BCUT2D eigenvalue weighted by Gasteiger charge is 2.13. The van der Waals surface area contributed by atoms with Crippen LogP contribution in [-0.4, -0.2) is 20.2 Å². The first-order valence-electron chi connectivity index (χ1n) is 8.43. The van der Waals surface area contributed by atoms with Crippen molar-refractivity contribution in [2.75, 3.05) is 20.2 Å². The highest BCUT2D eigenvalue weighted by molar-refractivity contribution is 5.73. The third kappa shape index (κ3) is 3.07. The third-order valence-electron chi connectivity index (χ3n) is 4.47. The van der Waals surface area contributed by atoms with Gasteiger partial charge in [-0.3, -0.25) is 0 Å². The summed E-state index contributed by atoms with van der Waals surface area (Å²) in [7, 11) is 1.68. The number of aryl methyl sites for hydroxylation is 1. The summed E-state index contributed by atoms with van der Waals surface area (Å²) in [4.78, 5) is 0. The molecule has 0 aromatic heterocycles. The van der Waals surface area contributed by atoms with Crippen molar-refractivity contribution in [1.82, 2.24) is 4.58 Å². The Balaban J connectivity index is 2.13. The second-order valence-electron chi connectivity index (χ2n) is 5.84. The van der Waals surface area contributed by atoms with Crippen LogP contribution in [0.3, 0.4) is 0 Å². The van der Waals surface area contributed by atoms with Gasteiger partial charge in [0.1, 0.15) is 30.4 Å². The Morgan fingerprint density at radius 1 is 0.917 bits per heavy atom. The molecule has 1 aliphatic heterocycles. The molecular formula is C21H24NO2+. The molecule has 0 atom stereocenters. The van der Waals surface area contributed by atoms with Crippen LogP contribution < -0.4 is 14.7 Å². The minimum atomic E-state index is 0.859. The lowest BCUT2D eigenvalue weighted by Gasteiger charge is -2.12. The van der Waals surface area contributed by atoms with Gasteiger partial charge in [0.15, 0.2) is 0 Å². The number of hydrogen-bond donors (Lipinski definition) is 0. The van der Waals surface area contributed by atoms with E-state index in [0.29, 0.717) is 0 Å². The number of nitrogens with zero attached hydrogens (tertiary/aromatic N) is 1. The molecule has 1 aliphatic carbocycles. The van der Waals surface area contributed by atoms with Gasteiger partial charge in [-0.15, -0.1) is 0 Å². The smallest absolute Gasteiger partial charge is 0.203 e. The van der Waals surface area contributed by atoms with Crippen molar-refractivity contribution in [2.45, 2.75) is 20.8 Å². The van der Waals surface area contributed by atoms with Gasteiger partial charge in [0.05, 0.1) is 13.2 Å². The van der Waals surface area contributed by atoms with Gasteiger partial charge < -0.3 is 9.15 Å². The average Bonchev–Trinajstić information content (AvgIpc) is 2.62. The quantitative estimate of drug-likeness (QED) is 0.673. The summed E-state index contributed by atoms with van der Waals surface area (Å²) < 4.78 is 13.7. The van der Waals surface area contributed by atoms with E-state index in [9.17, 15) is 0 Å². The van der Waals surface area contributed by atoms with Crippen LogP contribution in [0, 0.1) is 6.92 Å². The summed E-state index contributed by atoms with van der Waals surface area (Å²) in [6.07, 6.45) is 0. The number of rotatable bonds is 4. The molecule has 2 aliphatic rings. The normalized spacial score (nSPS) is 10.8. The van der Waals surface area contributed by atoms with E-state index in [2.05, 4.69) is 54.8 Å². The maximum absolute atomic E-state index is 6.13. The second kappa shape index (κ2) is 6.91. The van der Waals surface area contributed by atoms with Gasteiger partial charge in [0.2, 0.25) is 5.36 Å². The van der Waals surface area contributed by atoms with Crippen LogP contribution in [0.5, 0.6) is 5.75 Å². The van der Waals surface area contributed by atoms with Gasteiger partial charge in [0, 0.05) is 17.2 Å². The van der Waals surface area contributed by atoms with Gasteiger partial charge >= 0.3 is 0 Å². The van der Waals surface area contributed by atoms with Crippen molar-refractivity contribution >= 4 is 0 Å². The maximum atomic E-state index is 6.13. The highest BCUT2D eigenvalue weighted by Crippen LogP contribution is 2.32. The second-order valence-corrected chi connectivity index (χ2v) is 5.84. The third-order valence-corrected chi connectivity index (χ3v) is 4.47. The van der Waals surface area contributed by atoms with Gasteiger partial charge in [-0.05, 0) is 50.6 Å². The number of hydrogen-bond acceptors (Lipinski definition) is 2. The monoisotopic (exact) mass is 322 g/mol. The Kier molecular flexibility index (Phi) is 4.70. The lowest BCUT2D eigenvalue weighted by atomic mass is 10.0.